The van der Waals surface area contributed by atoms with Crippen LogP contribution in [0.2, 0.25) is 0 Å². The van der Waals surface area contributed by atoms with Crippen molar-refractivity contribution in [3.8, 4) is 5.75 Å². The lowest BCUT2D eigenvalue weighted by Crippen LogP contribution is -2.21. The summed E-state index contributed by atoms with van der Waals surface area (Å²) in [6.07, 6.45) is 0. The number of thiophene rings is 1. The molecule has 1 aromatic heterocycles. The molecule has 1 unspecified atom stereocenters. The Morgan fingerprint density at radius 1 is 1.12 bits per heavy atom. The first-order valence-corrected chi connectivity index (χ1v) is 9.14. The van der Waals surface area contributed by atoms with Crippen molar-refractivity contribution in [1.82, 2.24) is 0 Å². The molecule has 3 rings (SSSR count). The number of Topliss-reactive ketones (excluding diaryl/α,β-unsaturated/α-hetero) is 1. The zero-order chi connectivity index (χ0) is 16.9. The summed E-state index contributed by atoms with van der Waals surface area (Å²) in [6.45, 7) is 0. The van der Waals surface area contributed by atoms with Crippen molar-refractivity contribution in [2.24, 2.45) is 0 Å². The minimum atomic E-state index is -0.468. The number of nitrogens with one attached hydrogen (secondary N) is 1. The Morgan fingerprint density at radius 3 is 2.58 bits per heavy atom. The maximum Gasteiger partial charge on any atom is 0.191 e. The molecule has 0 spiro atoms. The van der Waals surface area contributed by atoms with Crippen LogP contribution >= 0.6 is 27.3 Å². The van der Waals surface area contributed by atoms with Crippen LogP contribution < -0.4 is 10.1 Å². The molecule has 0 aliphatic heterocycles. The van der Waals surface area contributed by atoms with Gasteiger partial charge >= 0.3 is 0 Å². The van der Waals surface area contributed by atoms with Crippen molar-refractivity contribution >= 4 is 38.7 Å². The zero-order valence-corrected chi connectivity index (χ0v) is 15.4. The fourth-order valence-electron chi connectivity index (χ4n) is 2.44. The molecule has 1 heterocycles. The molecule has 0 aliphatic rings. The highest BCUT2D eigenvalue weighted by molar-refractivity contribution is 9.10. The van der Waals surface area contributed by atoms with Gasteiger partial charge in [-0.3, -0.25) is 4.79 Å². The van der Waals surface area contributed by atoms with Gasteiger partial charge in [0.25, 0.3) is 0 Å². The maximum atomic E-state index is 13.1. The number of halogens is 1. The number of carbonyl (C=O) groups is 1. The average Bonchev–Trinajstić information content (AvgIpc) is 3.06. The fourth-order valence-corrected chi connectivity index (χ4v) is 3.92. The van der Waals surface area contributed by atoms with Gasteiger partial charge in [0.1, 0.15) is 11.8 Å². The van der Waals surface area contributed by atoms with Crippen molar-refractivity contribution in [2.45, 2.75) is 6.04 Å². The first-order valence-electron chi connectivity index (χ1n) is 7.40. The molecular weight excluding hydrogens is 386 g/mol. The summed E-state index contributed by atoms with van der Waals surface area (Å²) in [5.41, 5.74) is 2.44. The molecule has 1 N–H and O–H groups in total. The van der Waals surface area contributed by atoms with Crippen molar-refractivity contribution in [3.63, 3.8) is 0 Å². The Bertz CT molecular complexity index is 832. The summed E-state index contributed by atoms with van der Waals surface area (Å²) in [5, 5.41) is 7.13. The van der Waals surface area contributed by atoms with Gasteiger partial charge in [0, 0.05) is 32.6 Å². The molecule has 0 saturated heterocycles. The SMILES string of the molecule is COc1cccc(NC(C(=O)c2cscc2Br)c2ccccc2)c1. The first kappa shape index (κ1) is 16.7. The largest absolute Gasteiger partial charge is 0.497 e. The van der Waals surface area contributed by atoms with Crippen molar-refractivity contribution in [3.05, 3.63) is 81.0 Å². The van der Waals surface area contributed by atoms with Gasteiger partial charge in [-0.15, -0.1) is 0 Å². The third-order valence-electron chi connectivity index (χ3n) is 3.66. The van der Waals surface area contributed by atoms with E-state index < -0.39 is 6.04 Å². The Morgan fingerprint density at radius 2 is 1.92 bits per heavy atom. The van der Waals surface area contributed by atoms with Crippen LogP contribution in [0, 0.1) is 0 Å². The molecule has 24 heavy (non-hydrogen) atoms. The van der Waals surface area contributed by atoms with Gasteiger partial charge in [-0.25, -0.2) is 0 Å². The molecule has 0 amide bonds. The summed E-state index contributed by atoms with van der Waals surface area (Å²) in [7, 11) is 1.63. The van der Waals surface area contributed by atoms with Crippen LogP contribution in [-0.2, 0) is 0 Å². The quantitative estimate of drug-likeness (QED) is 0.549. The molecule has 1 atom stereocenters. The third-order valence-corrected chi connectivity index (χ3v) is 5.36. The molecule has 122 valence electrons. The van der Waals surface area contributed by atoms with E-state index in [0.29, 0.717) is 5.56 Å². The minimum absolute atomic E-state index is 0.0251. The molecule has 0 fully saturated rings. The zero-order valence-electron chi connectivity index (χ0n) is 13.0. The Kier molecular flexibility index (Phi) is 5.33. The molecule has 2 aromatic carbocycles. The van der Waals surface area contributed by atoms with Crippen molar-refractivity contribution in [2.75, 3.05) is 12.4 Å². The van der Waals surface area contributed by atoms with E-state index in [9.17, 15) is 4.79 Å². The predicted molar refractivity (Wildman–Crippen MR) is 102 cm³/mol. The number of anilines is 1. The molecule has 3 nitrogen and oxygen atoms in total. The number of hydrogen-bond donors (Lipinski definition) is 1. The molecule has 5 heteroatoms. The minimum Gasteiger partial charge on any atom is -0.497 e. The maximum absolute atomic E-state index is 13.1. The summed E-state index contributed by atoms with van der Waals surface area (Å²) in [4.78, 5) is 13.1. The first-order chi connectivity index (χ1) is 11.7. The fraction of sp³-hybridized carbons (Fsp3) is 0.105. The van der Waals surface area contributed by atoms with Crippen LogP contribution in [0.25, 0.3) is 0 Å². The monoisotopic (exact) mass is 401 g/mol. The lowest BCUT2D eigenvalue weighted by Gasteiger charge is -2.19. The number of ketones is 1. The standard InChI is InChI=1S/C19H16BrNO2S/c1-23-15-9-5-8-14(10-15)21-18(13-6-3-2-4-7-13)19(22)16-11-24-12-17(16)20/h2-12,18,21H,1H3. The van der Waals surface area contributed by atoms with E-state index in [4.69, 9.17) is 4.74 Å². The Balaban J connectivity index is 1.96. The lowest BCUT2D eigenvalue weighted by atomic mass is 9.98. The molecule has 0 saturated carbocycles. The molecule has 3 aromatic rings. The Hall–Kier alpha value is -2.11. The van der Waals surface area contributed by atoms with Crippen LogP contribution in [-0.4, -0.2) is 12.9 Å². The van der Waals surface area contributed by atoms with Crippen molar-refractivity contribution in [1.29, 1.82) is 0 Å². The predicted octanol–water partition coefficient (Wildman–Crippen LogP) is 5.56. The van der Waals surface area contributed by atoms with Gasteiger partial charge in [-0.05, 0) is 33.6 Å². The van der Waals surface area contributed by atoms with Gasteiger partial charge in [0.05, 0.1) is 7.11 Å². The van der Waals surface area contributed by atoms with E-state index in [0.717, 1.165) is 21.5 Å². The molecule has 0 radical (unpaired) electrons. The van der Waals surface area contributed by atoms with Crippen LogP contribution in [0.15, 0.2) is 69.8 Å². The third kappa shape index (κ3) is 3.68. The number of ether oxygens (including phenoxy) is 1. The topological polar surface area (TPSA) is 38.3 Å². The van der Waals surface area contributed by atoms with Gasteiger partial charge in [0.2, 0.25) is 0 Å². The van der Waals surface area contributed by atoms with Crippen LogP contribution in [0.5, 0.6) is 5.75 Å². The highest BCUT2D eigenvalue weighted by Crippen LogP contribution is 2.30. The van der Waals surface area contributed by atoms with E-state index in [-0.39, 0.29) is 5.78 Å². The number of methoxy groups -OCH3 is 1. The van der Waals surface area contributed by atoms with Gasteiger partial charge in [0.15, 0.2) is 5.78 Å². The van der Waals surface area contributed by atoms with Crippen LogP contribution in [0.4, 0.5) is 5.69 Å². The normalized spacial score (nSPS) is 11.8. The van der Waals surface area contributed by atoms with Gasteiger partial charge < -0.3 is 10.1 Å². The summed E-state index contributed by atoms with van der Waals surface area (Å²) >= 11 is 4.96. The second-order valence-corrected chi connectivity index (χ2v) is 6.82. The number of benzene rings is 2. The average molecular weight is 402 g/mol. The van der Waals surface area contributed by atoms with Gasteiger partial charge in [-0.1, -0.05) is 36.4 Å². The second-order valence-electron chi connectivity index (χ2n) is 5.22. The molecular formula is C19H16BrNO2S. The highest BCUT2D eigenvalue weighted by atomic mass is 79.9. The second kappa shape index (κ2) is 7.64. The number of rotatable bonds is 6. The lowest BCUT2D eigenvalue weighted by molar-refractivity contribution is 0.0969. The summed E-state index contributed by atoms with van der Waals surface area (Å²) in [5.74, 6) is 0.771. The van der Waals surface area contributed by atoms with E-state index in [1.165, 1.54) is 11.3 Å². The van der Waals surface area contributed by atoms with E-state index in [1.54, 1.807) is 7.11 Å². The van der Waals surface area contributed by atoms with Crippen LogP contribution in [0.3, 0.4) is 0 Å². The van der Waals surface area contributed by atoms with Crippen LogP contribution in [0.1, 0.15) is 22.0 Å². The smallest absolute Gasteiger partial charge is 0.191 e. The van der Waals surface area contributed by atoms with E-state index in [1.807, 2.05) is 65.4 Å². The van der Waals surface area contributed by atoms with E-state index in [2.05, 4.69) is 21.2 Å². The number of hydrogen-bond acceptors (Lipinski definition) is 4. The molecule has 0 aliphatic carbocycles. The van der Waals surface area contributed by atoms with E-state index >= 15 is 0 Å². The number of carbonyl (C=O) groups excluding carboxylic acids is 1. The van der Waals surface area contributed by atoms with Gasteiger partial charge in [-0.2, -0.15) is 11.3 Å². The molecule has 0 bridgehead atoms. The van der Waals surface area contributed by atoms with Crippen molar-refractivity contribution < 1.29 is 9.53 Å². The summed E-state index contributed by atoms with van der Waals surface area (Å²) in [6, 6.07) is 16.8. The highest BCUT2D eigenvalue weighted by Gasteiger charge is 2.24. The Labute approximate surface area is 153 Å². The summed E-state index contributed by atoms with van der Waals surface area (Å²) < 4.78 is 6.09.